The average Bonchev–Trinajstić information content (AvgIpc) is 3.13. The molecule has 0 aliphatic carbocycles. The zero-order chi connectivity index (χ0) is 18.5. The number of nitrogens with two attached hydrogens (primary N) is 1. The van der Waals surface area contributed by atoms with Crippen LogP contribution in [0.5, 0.6) is 0 Å². The number of aliphatic hydroxyl groups excluding tert-OH is 1. The normalized spacial score (nSPS) is 22.0. The van der Waals surface area contributed by atoms with E-state index in [0.717, 1.165) is 27.6 Å². The highest BCUT2D eigenvalue weighted by molar-refractivity contribution is 6.07. The number of benzene rings is 2. The monoisotopic (exact) mass is 349 g/mol. The molecule has 1 fully saturated rings. The highest BCUT2D eigenvalue weighted by atomic mass is 16.3. The minimum absolute atomic E-state index is 0.0157. The number of primary amides is 1. The summed E-state index contributed by atoms with van der Waals surface area (Å²) in [6.45, 7) is 4.27. The number of aromatic amines is 1. The van der Waals surface area contributed by atoms with Crippen molar-refractivity contribution < 1.29 is 9.90 Å². The van der Waals surface area contributed by atoms with Crippen LogP contribution >= 0.6 is 0 Å². The van der Waals surface area contributed by atoms with Crippen molar-refractivity contribution in [2.45, 2.75) is 32.5 Å². The van der Waals surface area contributed by atoms with E-state index in [4.69, 9.17) is 5.73 Å². The highest BCUT2D eigenvalue weighted by Gasteiger charge is 2.41. The van der Waals surface area contributed by atoms with Crippen molar-refractivity contribution in [3.63, 3.8) is 0 Å². The first-order valence-electron chi connectivity index (χ1n) is 8.81. The molecule has 1 aliphatic rings. The molecule has 5 heteroatoms. The van der Waals surface area contributed by atoms with E-state index in [1.807, 2.05) is 42.6 Å². The molecule has 2 unspecified atom stereocenters. The van der Waals surface area contributed by atoms with Crippen LogP contribution in [0.15, 0.2) is 48.7 Å². The number of amides is 1. The zero-order valence-electron chi connectivity index (χ0n) is 14.9. The van der Waals surface area contributed by atoms with E-state index in [2.05, 4.69) is 30.2 Å². The van der Waals surface area contributed by atoms with Crippen molar-refractivity contribution in [1.82, 2.24) is 10.3 Å². The van der Waals surface area contributed by atoms with Crippen LogP contribution in [0.1, 0.15) is 42.2 Å². The third kappa shape index (κ3) is 2.69. The maximum Gasteiger partial charge on any atom is 0.250 e. The van der Waals surface area contributed by atoms with Gasteiger partial charge in [-0.3, -0.25) is 10.1 Å². The largest absolute Gasteiger partial charge is 0.379 e. The number of carbonyl (C=O) groups excluding carboxylic acids is 1. The number of H-pyrrole nitrogens is 1. The minimum atomic E-state index is -0.534. The fraction of sp³-hybridized carbons (Fsp3) is 0.286. The van der Waals surface area contributed by atoms with E-state index in [-0.39, 0.29) is 11.5 Å². The quantitative estimate of drug-likeness (QED) is 0.585. The fourth-order valence-electron chi connectivity index (χ4n) is 4.09. The van der Waals surface area contributed by atoms with Crippen molar-refractivity contribution in [2.24, 2.45) is 11.1 Å². The molecule has 5 N–H and O–H groups in total. The summed E-state index contributed by atoms with van der Waals surface area (Å²) < 4.78 is 0. The molecule has 0 radical (unpaired) electrons. The molecule has 2 aromatic carbocycles. The van der Waals surface area contributed by atoms with E-state index in [9.17, 15) is 9.90 Å². The smallest absolute Gasteiger partial charge is 0.250 e. The predicted molar refractivity (Wildman–Crippen MR) is 103 cm³/mol. The van der Waals surface area contributed by atoms with Gasteiger partial charge in [0.2, 0.25) is 0 Å². The molecule has 4 rings (SSSR count). The van der Waals surface area contributed by atoms with Gasteiger partial charge < -0.3 is 15.8 Å². The van der Waals surface area contributed by atoms with Gasteiger partial charge in [0, 0.05) is 17.6 Å². The molecule has 0 spiro atoms. The molecular weight excluding hydrogens is 326 g/mol. The summed E-state index contributed by atoms with van der Waals surface area (Å²) in [5, 5.41) is 14.3. The number of hydrogen-bond donors (Lipinski definition) is 4. The first kappa shape index (κ1) is 16.8. The molecule has 3 aromatic rings. The van der Waals surface area contributed by atoms with E-state index in [0.29, 0.717) is 12.0 Å². The van der Waals surface area contributed by atoms with E-state index >= 15 is 0 Å². The fourth-order valence-corrected chi connectivity index (χ4v) is 4.09. The van der Waals surface area contributed by atoms with Crippen LogP contribution in [0.25, 0.3) is 22.0 Å². The molecule has 0 bridgehead atoms. The Morgan fingerprint density at radius 2 is 1.92 bits per heavy atom. The van der Waals surface area contributed by atoms with Crippen LogP contribution in [0.2, 0.25) is 0 Å². The van der Waals surface area contributed by atoms with Crippen LogP contribution in [0, 0.1) is 5.41 Å². The SMILES string of the molecule is CC1(C)CC(O)NC1c1c[nH]c2c(C(N)=O)cc(-c3ccccc3)cc12. The molecular formula is C21H23N3O2. The van der Waals surface area contributed by atoms with Crippen molar-refractivity contribution in [3.8, 4) is 11.1 Å². The topological polar surface area (TPSA) is 91.1 Å². The molecule has 2 heterocycles. The van der Waals surface area contributed by atoms with Gasteiger partial charge >= 0.3 is 0 Å². The Kier molecular flexibility index (Phi) is 3.86. The lowest BCUT2D eigenvalue weighted by Crippen LogP contribution is -2.26. The van der Waals surface area contributed by atoms with E-state index in [1.54, 1.807) is 0 Å². The Labute approximate surface area is 152 Å². The Morgan fingerprint density at radius 3 is 2.54 bits per heavy atom. The standard InChI is InChI=1S/C21H23N3O2/c1-21(2)10-17(25)24-19(21)16-11-23-18-14(16)8-13(9-15(18)20(22)26)12-6-4-3-5-7-12/h3-9,11,17,19,23-25H,10H2,1-2H3,(H2,22,26). The van der Waals surface area contributed by atoms with E-state index in [1.165, 1.54) is 0 Å². The molecule has 1 aromatic heterocycles. The summed E-state index contributed by atoms with van der Waals surface area (Å²) in [6, 6.07) is 13.8. The van der Waals surface area contributed by atoms with Crippen molar-refractivity contribution in [1.29, 1.82) is 0 Å². The molecule has 5 nitrogen and oxygen atoms in total. The second-order valence-electron chi connectivity index (χ2n) is 7.73. The van der Waals surface area contributed by atoms with Gasteiger partial charge in [-0.25, -0.2) is 0 Å². The summed E-state index contributed by atoms with van der Waals surface area (Å²) in [5.74, 6) is -0.458. The Balaban J connectivity index is 1.94. The molecule has 1 amide bonds. The number of carbonyl (C=O) groups is 1. The van der Waals surface area contributed by atoms with Crippen molar-refractivity contribution in [3.05, 3.63) is 59.8 Å². The van der Waals surface area contributed by atoms with Crippen molar-refractivity contribution in [2.75, 3.05) is 0 Å². The second-order valence-corrected chi connectivity index (χ2v) is 7.73. The summed E-state index contributed by atoms with van der Waals surface area (Å²) in [5.41, 5.74) is 9.78. The van der Waals surface area contributed by atoms with Crippen LogP contribution in [-0.4, -0.2) is 22.2 Å². The summed E-state index contributed by atoms with van der Waals surface area (Å²) in [6.07, 6.45) is 2.06. The maximum atomic E-state index is 12.1. The summed E-state index contributed by atoms with van der Waals surface area (Å²) >= 11 is 0. The Morgan fingerprint density at radius 1 is 1.19 bits per heavy atom. The summed E-state index contributed by atoms with van der Waals surface area (Å²) in [4.78, 5) is 15.3. The van der Waals surface area contributed by atoms with Crippen molar-refractivity contribution >= 4 is 16.8 Å². The van der Waals surface area contributed by atoms with E-state index < -0.39 is 12.1 Å². The highest BCUT2D eigenvalue weighted by Crippen LogP contribution is 2.45. The van der Waals surface area contributed by atoms with Gasteiger partial charge in [0.1, 0.15) is 6.23 Å². The number of rotatable bonds is 3. The average molecular weight is 349 g/mol. The van der Waals surface area contributed by atoms with Gasteiger partial charge in [-0.2, -0.15) is 0 Å². The predicted octanol–water partition coefficient (Wildman–Crippen LogP) is 3.31. The van der Waals surface area contributed by atoms with Crippen LogP contribution in [0.4, 0.5) is 0 Å². The number of fused-ring (bicyclic) bond motifs is 1. The zero-order valence-corrected chi connectivity index (χ0v) is 14.9. The molecule has 0 saturated carbocycles. The van der Waals surface area contributed by atoms with Crippen LogP contribution < -0.4 is 11.1 Å². The lowest BCUT2D eigenvalue weighted by Gasteiger charge is -2.26. The van der Waals surface area contributed by atoms with Gasteiger partial charge in [-0.15, -0.1) is 0 Å². The number of hydrogen-bond acceptors (Lipinski definition) is 3. The lowest BCUT2D eigenvalue weighted by atomic mass is 9.81. The number of nitrogens with one attached hydrogen (secondary N) is 2. The third-order valence-corrected chi connectivity index (χ3v) is 5.36. The molecule has 2 atom stereocenters. The van der Waals surface area contributed by atoms with Gasteiger partial charge in [0.15, 0.2) is 0 Å². The molecule has 26 heavy (non-hydrogen) atoms. The first-order chi connectivity index (χ1) is 12.4. The number of aliphatic hydroxyl groups is 1. The van der Waals surface area contributed by atoms with Gasteiger partial charge in [0.25, 0.3) is 5.91 Å². The molecule has 1 saturated heterocycles. The third-order valence-electron chi connectivity index (χ3n) is 5.36. The minimum Gasteiger partial charge on any atom is -0.379 e. The first-order valence-corrected chi connectivity index (χ1v) is 8.81. The van der Waals surface area contributed by atoms with Gasteiger partial charge in [-0.05, 0) is 40.7 Å². The second kappa shape index (κ2) is 5.97. The Bertz CT molecular complexity index is 976. The molecule has 1 aliphatic heterocycles. The van der Waals surface area contributed by atoms with Crippen LogP contribution in [0.3, 0.4) is 0 Å². The maximum absolute atomic E-state index is 12.1. The summed E-state index contributed by atoms with van der Waals surface area (Å²) in [7, 11) is 0. The van der Waals surface area contributed by atoms with Crippen LogP contribution in [-0.2, 0) is 0 Å². The Hall–Kier alpha value is -2.63. The number of aromatic nitrogens is 1. The van der Waals surface area contributed by atoms with Gasteiger partial charge in [0.05, 0.1) is 11.1 Å². The lowest BCUT2D eigenvalue weighted by molar-refractivity contribution is 0.100. The van der Waals surface area contributed by atoms with Gasteiger partial charge in [-0.1, -0.05) is 44.2 Å². The molecule has 134 valence electrons.